The summed E-state index contributed by atoms with van der Waals surface area (Å²) in [4.78, 5) is 19.3. The Balaban J connectivity index is 1.73. The van der Waals surface area contributed by atoms with E-state index in [0.29, 0.717) is 35.9 Å². The lowest BCUT2D eigenvalue weighted by Crippen LogP contribution is -2.38. The summed E-state index contributed by atoms with van der Waals surface area (Å²) in [6.07, 6.45) is 1.94. The van der Waals surface area contributed by atoms with Crippen molar-refractivity contribution in [2.24, 2.45) is 5.92 Å². The Labute approximate surface area is 162 Å². The number of para-hydroxylation sites is 1. The third kappa shape index (κ3) is 3.67. The van der Waals surface area contributed by atoms with Crippen LogP contribution < -0.4 is 5.32 Å². The first-order valence-electron chi connectivity index (χ1n) is 9.42. The van der Waals surface area contributed by atoms with Gasteiger partial charge >= 0.3 is 0 Å². The van der Waals surface area contributed by atoms with Crippen molar-refractivity contribution in [2.45, 2.75) is 19.8 Å². The van der Waals surface area contributed by atoms with Gasteiger partial charge < -0.3 is 10.2 Å². The highest BCUT2D eigenvalue weighted by Crippen LogP contribution is 2.29. The van der Waals surface area contributed by atoms with Crippen LogP contribution in [0.15, 0.2) is 48.5 Å². The van der Waals surface area contributed by atoms with E-state index in [-0.39, 0.29) is 11.6 Å². The van der Waals surface area contributed by atoms with E-state index in [1.807, 2.05) is 23.1 Å². The van der Waals surface area contributed by atoms with Gasteiger partial charge in [0.05, 0.1) is 16.9 Å². The second-order valence-corrected chi connectivity index (χ2v) is 7.30. The van der Waals surface area contributed by atoms with Crippen molar-refractivity contribution in [1.29, 1.82) is 0 Å². The van der Waals surface area contributed by atoms with Gasteiger partial charge in [0, 0.05) is 24.5 Å². The molecule has 4 rings (SSSR count). The lowest BCUT2D eigenvalue weighted by atomic mass is 9.99. The molecule has 144 valence electrons. The summed E-state index contributed by atoms with van der Waals surface area (Å²) in [5.41, 5.74) is 1.45. The highest BCUT2D eigenvalue weighted by atomic mass is 19.1. The molecule has 1 aromatic heterocycles. The molecule has 28 heavy (non-hydrogen) atoms. The normalized spacial score (nSPS) is 15.0. The minimum absolute atomic E-state index is 0.0153. The predicted octanol–water partition coefficient (Wildman–Crippen LogP) is 5.13. The highest BCUT2D eigenvalue weighted by Gasteiger charge is 2.23. The van der Waals surface area contributed by atoms with Gasteiger partial charge in [-0.05, 0) is 43.0 Å². The zero-order valence-corrected chi connectivity index (χ0v) is 15.6. The molecule has 0 aliphatic carbocycles. The number of hydrogen-bond donors (Lipinski definition) is 1. The summed E-state index contributed by atoms with van der Waals surface area (Å²) in [6.45, 7) is 3.59. The Kier molecular flexibility index (Phi) is 4.94. The number of hydrogen-bond acceptors (Lipinski definition) is 3. The van der Waals surface area contributed by atoms with E-state index in [0.717, 1.165) is 36.4 Å². The average molecular weight is 381 g/mol. The lowest BCUT2D eigenvalue weighted by molar-refractivity contribution is 0.0691. The number of nitrogens with zero attached hydrogens (tertiary/aromatic N) is 2. The predicted molar refractivity (Wildman–Crippen MR) is 106 cm³/mol. The Bertz CT molecular complexity index is 1030. The molecule has 0 saturated carbocycles. The van der Waals surface area contributed by atoms with Gasteiger partial charge in [-0.2, -0.15) is 0 Å². The Hall–Kier alpha value is -3.02. The van der Waals surface area contributed by atoms with Gasteiger partial charge in [0.15, 0.2) is 0 Å². The Morgan fingerprint density at radius 2 is 1.82 bits per heavy atom. The maximum Gasteiger partial charge on any atom is 0.272 e. The van der Waals surface area contributed by atoms with Gasteiger partial charge in [0.1, 0.15) is 17.3 Å². The summed E-state index contributed by atoms with van der Waals surface area (Å²) in [6, 6.07) is 12.2. The van der Waals surface area contributed by atoms with E-state index >= 15 is 0 Å². The molecule has 1 N–H and O–H groups in total. The van der Waals surface area contributed by atoms with Crippen LogP contribution in [-0.4, -0.2) is 28.9 Å². The van der Waals surface area contributed by atoms with Crippen LogP contribution in [0.25, 0.3) is 10.9 Å². The molecule has 2 heterocycles. The van der Waals surface area contributed by atoms with Gasteiger partial charge in [0.2, 0.25) is 0 Å². The van der Waals surface area contributed by atoms with Crippen LogP contribution in [0.3, 0.4) is 0 Å². The van der Waals surface area contributed by atoms with E-state index in [4.69, 9.17) is 0 Å². The van der Waals surface area contributed by atoms with Gasteiger partial charge in [0.25, 0.3) is 5.91 Å². The number of piperidine rings is 1. The molecule has 4 nitrogen and oxygen atoms in total. The van der Waals surface area contributed by atoms with E-state index in [1.165, 1.54) is 0 Å². The summed E-state index contributed by atoms with van der Waals surface area (Å²) in [5.74, 6) is -0.636. The number of rotatable bonds is 3. The molecule has 1 saturated heterocycles. The fourth-order valence-corrected chi connectivity index (χ4v) is 3.50. The SMILES string of the molecule is CC1CCN(C(=O)c2cc(Nc3cc(F)ccc3F)c3ccccc3n2)CC1. The monoisotopic (exact) mass is 381 g/mol. The highest BCUT2D eigenvalue weighted by molar-refractivity contribution is 6.00. The first-order chi connectivity index (χ1) is 13.5. The second kappa shape index (κ2) is 7.54. The molecule has 3 aromatic rings. The van der Waals surface area contributed by atoms with Crippen LogP contribution in [0.1, 0.15) is 30.3 Å². The molecule has 0 unspecified atom stereocenters. The number of carbonyl (C=O) groups excluding carboxylic acids is 1. The van der Waals surface area contributed by atoms with Crippen molar-refractivity contribution in [3.63, 3.8) is 0 Å². The Morgan fingerprint density at radius 1 is 1.07 bits per heavy atom. The number of amides is 1. The van der Waals surface area contributed by atoms with Gasteiger partial charge in [-0.15, -0.1) is 0 Å². The molecule has 2 aromatic carbocycles. The van der Waals surface area contributed by atoms with E-state index in [1.54, 1.807) is 12.1 Å². The number of anilines is 2. The number of benzene rings is 2. The second-order valence-electron chi connectivity index (χ2n) is 7.30. The third-order valence-electron chi connectivity index (χ3n) is 5.20. The van der Waals surface area contributed by atoms with E-state index < -0.39 is 11.6 Å². The molecule has 0 bridgehead atoms. The molecule has 0 spiro atoms. The maximum absolute atomic E-state index is 14.1. The Morgan fingerprint density at radius 3 is 2.61 bits per heavy atom. The molecule has 6 heteroatoms. The summed E-state index contributed by atoms with van der Waals surface area (Å²) < 4.78 is 27.7. The summed E-state index contributed by atoms with van der Waals surface area (Å²) in [7, 11) is 0. The molecule has 1 aliphatic heterocycles. The average Bonchev–Trinajstić information content (AvgIpc) is 2.70. The van der Waals surface area contributed by atoms with Crippen LogP contribution >= 0.6 is 0 Å². The molecule has 1 aliphatic rings. The molecule has 0 atom stereocenters. The number of carbonyl (C=O) groups is 1. The third-order valence-corrected chi connectivity index (χ3v) is 5.20. The molecule has 0 radical (unpaired) electrons. The number of likely N-dealkylation sites (tertiary alicyclic amines) is 1. The largest absolute Gasteiger partial charge is 0.352 e. The van der Waals surface area contributed by atoms with Crippen LogP contribution in [0, 0.1) is 17.6 Å². The topological polar surface area (TPSA) is 45.2 Å². The number of aromatic nitrogens is 1. The zero-order chi connectivity index (χ0) is 19.7. The molecule has 1 amide bonds. The van der Waals surface area contributed by atoms with Crippen LogP contribution in [0.5, 0.6) is 0 Å². The number of pyridine rings is 1. The van der Waals surface area contributed by atoms with Crippen molar-refractivity contribution < 1.29 is 13.6 Å². The smallest absolute Gasteiger partial charge is 0.272 e. The zero-order valence-electron chi connectivity index (χ0n) is 15.6. The minimum atomic E-state index is -0.569. The maximum atomic E-state index is 14.1. The lowest BCUT2D eigenvalue weighted by Gasteiger charge is -2.30. The number of fused-ring (bicyclic) bond motifs is 1. The quantitative estimate of drug-likeness (QED) is 0.684. The summed E-state index contributed by atoms with van der Waals surface area (Å²) >= 11 is 0. The van der Waals surface area contributed by atoms with Crippen molar-refractivity contribution in [3.8, 4) is 0 Å². The van der Waals surface area contributed by atoms with E-state index in [2.05, 4.69) is 17.2 Å². The van der Waals surface area contributed by atoms with Gasteiger partial charge in [-0.1, -0.05) is 25.1 Å². The summed E-state index contributed by atoms with van der Waals surface area (Å²) in [5, 5.41) is 3.67. The van der Waals surface area contributed by atoms with Gasteiger partial charge in [-0.25, -0.2) is 13.8 Å². The van der Waals surface area contributed by atoms with Crippen LogP contribution in [0.4, 0.5) is 20.2 Å². The number of halogens is 2. The van der Waals surface area contributed by atoms with Gasteiger partial charge in [-0.3, -0.25) is 4.79 Å². The molecular weight excluding hydrogens is 360 g/mol. The fraction of sp³-hybridized carbons (Fsp3) is 0.273. The van der Waals surface area contributed by atoms with Crippen LogP contribution in [-0.2, 0) is 0 Å². The first-order valence-corrected chi connectivity index (χ1v) is 9.42. The van der Waals surface area contributed by atoms with Crippen molar-refractivity contribution in [2.75, 3.05) is 18.4 Å². The fourth-order valence-electron chi connectivity index (χ4n) is 3.50. The molecular formula is C22H21F2N3O. The van der Waals surface area contributed by atoms with Crippen molar-refractivity contribution >= 4 is 28.2 Å². The minimum Gasteiger partial charge on any atom is -0.352 e. The number of nitrogens with one attached hydrogen (secondary N) is 1. The van der Waals surface area contributed by atoms with Crippen LogP contribution in [0.2, 0.25) is 0 Å². The molecule has 1 fully saturated rings. The first kappa shape index (κ1) is 18.3. The van der Waals surface area contributed by atoms with E-state index in [9.17, 15) is 13.6 Å². The van der Waals surface area contributed by atoms with Crippen molar-refractivity contribution in [3.05, 3.63) is 65.9 Å². The standard InChI is InChI=1S/C22H21F2N3O/c1-14-8-10-27(11-9-14)22(28)21-13-19(16-4-2-3-5-18(16)25-21)26-20-12-15(23)6-7-17(20)24/h2-7,12-14H,8-11H2,1H3,(H,25,26). The van der Waals surface area contributed by atoms with Crippen molar-refractivity contribution in [1.82, 2.24) is 9.88 Å².